The molecule has 5 nitrogen and oxygen atoms in total. The molecule has 0 atom stereocenters. The Morgan fingerprint density at radius 1 is 0.771 bits per heavy atom. The first-order chi connectivity index (χ1) is 17.2. The van der Waals surface area contributed by atoms with Crippen LogP contribution < -0.4 is 10.9 Å². The Balaban J connectivity index is 1.30. The fraction of sp³-hybridized carbons (Fsp3) is 0.100. The molecule has 0 saturated heterocycles. The summed E-state index contributed by atoms with van der Waals surface area (Å²) >= 11 is 0. The van der Waals surface area contributed by atoms with Crippen LogP contribution in [-0.4, -0.2) is 17.3 Å². The van der Waals surface area contributed by atoms with Gasteiger partial charge in [0.15, 0.2) is 0 Å². The third-order valence-electron chi connectivity index (χ3n) is 6.34. The minimum Gasteiger partial charge on any atom is -0.294 e. The van der Waals surface area contributed by atoms with Gasteiger partial charge >= 0.3 is 0 Å². The van der Waals surface area contributed by atoms with E-state index < -0.39 is 5.54 Å². The molecule has 1 heterocycles. The quantitative estimate of drug-likeness (QED) is 0.297. The maximum absolute atomic E-state index is 13.0. The van der Waals surface area contributed by atoms with E-state index in [-0.39, 0.29) is 5.91 Å². The van der Waals surface area contributed by atoms with Crippen molar-refractivity contribution in [3.63, 3.8) is 0 Å². The molecule has 4 aromatic carbocycles. The molecule has 172 valence electrons. The summed E-state index contributed by atoms with van der Waals surface area (Å²) in [5, 5.41) is 8.77. The Kier molecular flexibility index (Phi) is 6.22. The lowest BCUT2D eigenvalue weighted by atomic mass is 9.80. The van der Waals surface area contributed by atoms with Crippen molar-refractivity contribution in [3.8, 4) is 11.1 Å². The van der Waals surface area contributed by atoms with Crippen molar-refractivity contribution in [1.29, 1.82) is 0 Å². The second-order valence-electron chi connectivity index (χ2n) is 8.57. The Labute approximate surface area is 205 Å². The number of carbonyl (C=O) groups is 1. The number of carbonyl (C=O) groups excluding carboxylic acids is 1. The molecule has 0 aromatic heterocycles. The van der Waals surface area contributed by atoms with Gasteiger partial charge in [0.05, 0.1) is 5.71 Å². The predicted octanol–water partition coefficient (Wildman–Crippen LogP) is 5.49. The van der Waals surface area contributed by atoms with Gasteiger partial charge in [-0.15, -0.1) is 0 Å². The first kappa shape index (κ1) is 22.3. The smallest absolute Gasteiger partial charge is 0.287 e. The predicted molar refractivity (Wildman–Crippen MR) is 141 cm³/mol. The molecular formula is C30H26N4O. The molecule has 35 heavy (non-hydrogen) atoms. The average Bonchev–Trinajstić information content (AvgIpc) is 3.40. The van der Waals surface area contributed by atoms with Crippen molar-refractivity contribution in [3.05, 3.63) is 132 Å². The lowest BCUT2D eigenvalue weighted by Crippen LogP contribution is -2.38. The highest BCUT2D eigenvalue weighted by Crippen LogP contribution is 2.36. The zero-order chi connectivity index (χ0) is 24.1. The second-order valence-corrected chi connectivity index (χ2v) is 8.57. The number of amides is 1. The van der Waals surface area contributed by atoms with E-state index >= 15 is 0 Å². The van der Waals surface area contributed by atoms with E-state index in [0.29, 0.717) is 12.1 Å². The highest BCUT2D eigenvalue weighted by Gasteiger charge is 2.41. The van der Waals surface area contributed by atoms with E-state index in [2.05, 4.69) is 69.6 Å². The third-order valence-corrected chi connectivity index (χ3v) is 6.34. The molecule has 5 rings (SSSR count). The lowest BCUT2D eigenvalue weighted by Gasteiger charge is -2.30. The van der Waals surface area contributed by atoms with Crippen molar-refractivity contribution < 1.29 is 4.79 Å². The summed E-state index contributed by atoms with van der Waals surface area (Å²) in [5.74, 6) is -0.313. The third kappa shape index (κ3) is 4.62. The largest absolute Gasteiger partial charge is 0.294 e. The molecule has 0 radical (unpaired) electrons. The molecule has 1 aliphatic heterocycles. The van der Waals surface area contributed by atoms with Gasteiger partial charge in [-0.2, -0.15) is 10.2 Å². The van der Waals surface area contributed by atoms with Crippen LogP contribution in [0.25, 0.3) is 11.1 Å². The average molecular weight is 459 g/mol. The van der Waals surface area contributed by atoms with Crippen LogP contribution in [0.1, 0.15) is 30.0 Å². The van der Waals surface area contributed by atoms with E-state index in [4.69, 9.17) is 0 Å². The molecule has 0 unspecified atom stereocenters. The van der Waals surface area contributed by atoms with Crippen LogP contribution in [0.4, 0.5) is 0 Å². The van der Waals surface area contributed by atoms with Gasteiger partial charge in [0.25, 0.3) is 5.91 Å². The Morgan fingerprint density at radius 2 is 1.29 bits per heavy atom. The zero-order valence-electron chi connectivity index (χ0n) is 19.5. The fourth-order valence-electron chi connectivity index (χ4n) is 4.37. The topological polar surface area (TPSA) is 65.8 Å². The summed E-state index contributed by atoms with van der Waals surface area (Å²) < 4.78 is 0. The summed E-state index contributed by atoms with van der Waals surface area (Å²) in [5.41, 5.74) is 11.8. The van der Waals surface area contributed by atoms with Crippen molar-refractivity contribution in [2.75, 3.05) is 0 Å². The van der Waals surface area contributed by atoms with E-state index in [9.17, 15) is 4.79 Å². The van der Waals surface area contributed by atoms with E-state index in [1.807, 2.05) is 73.7 Å². The van der Waals surface area contributed by atoms with Gasteiger partial charge in [0, 0.05) is 6.42 Å². The summed E-state index contributed by atoms with van der Waals surface area (Å²) in [4.78, 5) is 13.0. The standard InChI is InChI=1S/C30H26N4O/c1-22(23-17-19-25(20-18-23)24-11-5-2-6-12-24)31-33-29(35)28-21-30(34-32-28,26-13-7-3-8-14-26)27-15-9-4-10-16-27/h2-20,34H,21H2,1H3,(H,33,35). The Morgan fingerprint density at radius 3 is 1.86 bits per heavy atom. The van der Waals surface area contributed by atoms with Crippen molar-refractivity contribution >= 4 is 17.3 Å². The molecule has 1 amide bonds. The van der Waals surface area contributed by atoms with Gasteiger partial charge in [0.1, 0.15) is 11.3 Å². The molecule has 2 N–H and O–H groups in total. The molecule has 5 heteroatoms. The number of nitrogens with zero attached hydrogens (tertiary/aromatic N) is 2. The molecule has 0 spiro atoms. The molecule has 0 fully saturated rings. The molecule has 4 aromatic rings. The lowest BCUT2D eigenvalue weighted by molar-refractivity contribution is -0.114. The number of benzene rings is 4. The summed E-state index contributed by atoms with van der Waals surface area (Å²) in [7, 11) is 0. The van der Waals surface area contributed by atoms with Crippen LogP contribution in [0.5, 0.6) is 0 Å². The molecular weight excluding hydrogens is 432 g/mol. The molecule has 1 aliphatic rings. The van der Waals surface area contributed by atoms with Gasteiger partial charge in [-0.1, -0.05) is 115 Å². The van der Waals surface area contributed by atoms with Crippen LogP contribution in [0.3, 0.4) is 0 Å². The molecule has 0 bridgehead atoms. The minimum atomic E-state index is -0.596. The molecule has 0 saturated carbocycles. The second kappa shape index (κ2) is 9.77. The zero-order valence-corrected chi connectivity index (χ0v) is 19.5. The highest BCUT2D eigenvalue weighted by molar-refractivity contribution is 6.39. The van der Waals surface area contributed by atoms with Crippen LogP contribution in [-0.2, 0) is 10.3 Å². The van der Waals surface area contributed by atoms with Crippen molar-refractivity contribution in [1.82, 2.24) is 10.9 Å². The Hall–Kier alpha value is -4.51. The highest BCUT2D eigenvalue weighted by atomic mass is 16.2. The van der Waals surface area contributed by atoms with Crippen LogP contribution in [0.15, 0.2) is 125 Å². The maximum atomic E-state index is 13.0. The van der Waals surface area contributed by atoms with E-state index in [1.54, 1.807) is 0 Å². The molecule has 0 aliphatic carbocycles. The SMILES string of the molecule is CC(=NNC(=O)C1=NNC(c2ccccc2)(c2ccccc2)C1)c1ccc(-c2ccccc2)cc1. The monoisotopic (exact) mass is 458 g/mol. The number of hydrogen-bond acceptors (Lipinski definition) is 4. The van der Waals surface area contributed by atoms with Gasteiger partial charge in [-0.3, -0.25) is 10.2 Å². The van der Waals surface area contributed by atoms with E-state index in [0.717, 1.165) is 33.5 Å². The summed E-state index contributed by atoms with van der Waals surface area (Å²) in [6.45, 7) is 1.88. The summed E-state index contributed by atoms with van der Waals surface area (Å²) in [6.07, 6.45) is 0.424. The van der Waals surface area contributed by atoms with Crippen LogP contribution >= 0.6 is 0 Å². The normalized spacial score (nSPS) is 14.7. The minimum absolute atomic E-state index is 0.313. The Bertz CT molecular complexity index is 1320. The van der Waals surface area contributed by atoms with Crippen LogP contribution in [0, 0.1) is 0 Å². The fourth-order valence-corrected chi connectivity index (χ4v) is 4.37. The van der Waals surface area contributed by atoms with Gasteiger partial charge < -0.3 is 0 Å². The first-order valence-electron chi connectivity index (χ1n) is 11.6. The number of rotatable bonds is 6. The maximum Gasteiger partial charge on any atom is 0.287 e. The number of hydrogen-bond donors (Lipinski definition) is 2. The van der Waals surface area contributed by atoms with Crippen molar-refractivity contribution in [2.24, 2.45) is 10.2 Å². The number of hydrazone groups is 2. The van der Waals surface area contributed by atoms with Gasteiger partial charge in [0.2, 0.25) is 0 Å². The van der Waals surface area contributed by atoms with E-state index in [1.165, 1.54) is 0 Å². The van der Waals surface area contributed by atoms with Gasteiger partial charge in [-0.05, 0) is 34.7 Å². The van der Waals surface area contributed by atoms with Crippen LogP contribution in [0.2, 0.25) is 0 Å². The summed E-state index contributed by atoms with van der Waals surface area (Å²) in [6, 6.07) is 38.5. The van der Waals surface area contributed by atoms with Gasteiger partial charge in [-0.25, -0.2) is 5.43 Å². The first-order valence-corrected chi connectivity index (χ1v) is 11.6. The number of nitrogens with one attached hydrogen (secondary N) is 2. The van der Waals surface area contributed by atoms with Crippen molar-refractivity contribution in [2.45, 2.75) is 18.9 Å².